The number of unbranched alkanes of at least 4 members (excludes halogenated alkanes) is 2. The van der Waals surface area contributed by atoms with Crippen LogP contribution in [0.1, 0.15) is 45.4 Å². The number of hydrogen-bond donors (Lipinski definition) is 2. The van der Waals surface area contributed by atoms with E-state index in [1.165, 1.54) is 25.0 Å². The highest BCUT2D eigenvalue weighted by molar-refractivity contribution is 6.00. The molecule has 1 fully saturated rings. The van der Waals surface area contributed by atoms with Crippen LogP contribution in [-0.4, -0.2) is 18.3 Å². The van der Waals surface area contributed by atoms with E-state index < -0.39 is 0 Å². The van der Waals surface area contributed by atoms with Gasteiger partial charge in [-0.25, -0.2) is 0 Å². The zero-order valence-corrected chi connectivity index (χ0v) is 9.71. The van der Waals surface area contributed by atoms with Crippen molar-refractivity contribution in [1.82, 2.24) is 0 Å². The van der Waals surface area contributed by atoms with Gasteiger partial charge < -0.3 is 11.5 Å². The molecule has 3 nitrogen and oxygen atoms in total. The second-order valence-corrected chi connectivity index (χ2v) is 4.23. The molecule has 0 spiro atoms. The van der Waals surface area contributed by atoms with E-state index in [9.17, 15) is 0 Å². The van der Waals surface area contributed by atoms with Gasteiger partial charge >= 0.3 is 0 Å². The summed E-state index contributed by atoms with van der Waals surface area (Å²) in [7, 11) is 0. The maximum Gasteiger partial charge on any atom is 0.0395 e. The molecular formula is C12H23N3. The van der Waals surface area contributed by atoms with Gasteiger partial charge in [0.15, 0.2) is 0 Å². The summed E-state index contributed by atoms with van der Waals surface area (Å²) in [5, 5.41) is 0. The van der Waals surface area contributed by atoms with Crippen LogP contribution in [0.2, 0.25) is 0 Å². The molecule has 0 amide bonds. The molecule has 15 heavy (non-hydrogen) atoms. The first kappa shape index (κ1) is 12.2. The minimum Gasteiger partial charge on any atom is -0.404 e. The van der Waals surface area contributed by atoms with E-state index in [0.29, 0.717) is 0 Å². The Balaban J connectivity index is 2.45. The smallest absolute Gasteiger partial charge is 0.0395 e. The van der Waals surface area contributed by atoms with E-state index in [1.54, 1.807) is 6.20 Å². The zero-order valence-electron chi connectivity index (χ0n) is 9.71. The summed E-state index contributed by atoms with van der Waals surface area (Å²) >= 11 is 0. The van der Waals surface area contributed by atoms with Crippen LogP contribution >= 0.6 is 0 Å². The molecule has 1 rings (SSSR count). The van der Waals surface area contributed by atoms with E-state index in [2.05, 4.69) is 11.9 Å². The van der Waals surface area contributed by atoms with Crippen LogP contribution in [0.4, 0.5) is 0 Å². The summed E-state index contributed by atoms with van der Waals surface area (Å²) in [6.45, 7) is 3.15. The highest BCUT2D eigenvalue weighted by Gasteiger charge is 2.18. The summed E-state index contributed by atoms with van der Waals surface area (Å²) in [6, 6.07) is 0.273. The van der Waals surface area contributed by atoms with Crippen LogP contribution in [0.15, 0.2) is 16.8 Å². The van der Waals surface area contributed by atoms with Gasteiger partial charge in [0.1, 0.15) is 0 Å². The molecule has 1 unspecified atom stereocenters. The normalized spacial score (nSPS) is 27.5. The molecule has 0 heterocycles. The zero-order chi connectivity index (χ0) is 11.1. The van der Waals surface area contributed by atoms with Gasteiger partial charge in [-0.1, -0.05) is 19.8 Å². The average molecular weight is 209 g/mol. The van der Waals surface area contributed by atoms with E-state index in [0.717, 1.165) is 31.4 Å². The number of aliphatic imine (C=N–C) groups is 1. The predicted octanol–water partition coefficient (Wildman–Crippen LogP) is 1.97. The predicted molar refractivity (Wildman–Crippen MR) is 65.9 cm³/mol. The Kier molecular flexibility index (Phi) is 5.40. The lowest BCUT2D eigenvalue weighted by molar-refractivity contribution is 0.604. The second-order valence-electron chi connectivity index (χ2n) is 4.23. The Bertz CT molecular complexity index is 243. The van der Waals surface area contributed by atoms with Gasteiger partial charge in [0.25, 0.3) is 0 Å². The third kappa shape index (κ3) is 4.04. The Morgan fingerprint density at radius 1 is 1.47 bits per heavy atom. The van der Waals surface area contributed by atoms with E-state index >= 15 is 0 Å². The Morgan fingerprint density at radius 2 is 2.27 bits per heavy atom. The number of hydrogen-bond acceptors (Lipinski definition) is 3. The van der Waals surface area contributed by atoms with Crippen molar-refractivity contribution in [2.45, 2.75) is 51.5 Å². The van der Waals surface area contributed by atoms with Crippen LogP contribution < -0.4 is 11.5 Å². The van der Waals surface area contributed by atoms with Crippen LogP contribution in [0, 0.1) is 0 Å². The topological polar surface area (TPSA) is 64.4 Å². The first-order valence-corrected chi connectivity index (χ1v) is 5.98. The van der Waals surface area contributed by atoms with Gasteiger partial charge in [-0.2, -0.15) is 0 Å². The van der Waals surface area contributed by atoms with Gasteiger partial charge in [0.2, 0.25) is 0 Å². The number of rotatable bonds is 4. The van der Waals surface area contributed by atoms with Crippen molar-refractivity contribution in [3.8, 4) is 0 Å². The third-order valence-electron chi connectivity index (χ3n) is 2.87. The first-order valence-electron chi connectivity index (χ1n) is 5.98. The Morgan fingerprint density at radius 3 is 2.93 bits per heavy atom. The van der Waals surface area contributed by atoms with Gasteiger partial charge in [0.05, 0.1) is 0 Å². The third-order valence-corrected chi connectivity index (χ3v) is 2.87. The van der Waals surface area contributed by atoms with Crippen LogP contribution in [0.3, 0.4) is 0 Å². The molecule has 0 aliphatic heterocycles. The highest BCUT2D eigenvalue weighted by atomic mass is 14.8. The minimum absolute atomic E-state index is 0.273. The molecule has 1 aliphatic carbocycles. The molecule has 86 valence electrons. The largest absolute Gasteiger partial charge is 0.404 e. The molecule has 0 saturated heterocycles. The summed E-state index contributed by atoms with van der Waals surface area (Å²) in [5.41, 5.74) is 13.8. The van der Waals surface area contributed by atoms with E-state index in [1.807, 2.05) is 0 Å². The van der Waals surface area contributed by atoms with Crippen LogP contribution in [-0.2, 0) is 0 Å². The SMILES string of the molecule is CCCCCN=C1CCC(N)CC1=CN. The summed E-state index contributed by atoms with van der Waals surface area (Å²) in [6.07, 6.45) is 8.30. The number of nitrogens with two attached hydrogens (primary N) is 2. The number of nitrogens with zero attached hydrogens (tertiary/aromatic N) is 1. The van der Waals surface area contributed by atoms with Crippen molar-refractivity contribution in [2.24, 2.45) is 16.5 Å². The van der Waals surface area contributed by atoms with E-state index in [-0.39, 0.29) is 6.04 Å². The van der Waals surface area contributed by atoms with E-state index in [4.69, 9.17) is 11.5 Å². The molecule has 0 aromatic rings. The van der Waals surface area contributed by atoms with Gasteiger partial charge in [-0.15, -0.1) is 0 Å². The maximum absolute atomic E-state index is 5.89. The molecule has 0 radical (unpaired) electrons. The fourth-order valence-electron chi connectivity index (χ4n) is 1.91. The summed E-state index contributed by atoms with van der Waals surface area (Å²) < 4.78 is 0. The standard InChI is InChI=1S/C12H23N3/c1-2-3-4-7-15-12-6-5-11(14)8-10(12)9-13/h9,11H,2-8,13-14H2,1H3. The van der Waals surface area contributed by atoms with Crippen LogP contribution in [0.25, 0.3) is 0 Å². The lowest BCUT2D eigenvalue weighted by Crippen LogP contribution is -2.29. The molecule has 1 saturated carbocycles. The van der Waals surface area contributed by atoms with Gasteiger partial charge in [0, 0.05) is 18.3 Å². The lowest BCUT2D eigenvalue weighted by atomic mass is 9.90. The van der Waals surface area contributed by atoms with Crippen molar-refractivity contribution in [3.63, 3.8) is 0 Å². The highest BCUT2D eigenvalue weighted by Crippen LogP contribution is 2.19. The lowest BCUT2D eigenvalue weighted by Gasteiger charge is -2.22. The fraction of sp³-hybridized carbons (Fsp3) is 0.750. The van der Waals surface area contributed by atoms with Crippen molar-refractivity contribution in [2.75, 3.05) is 6.54 Å². The summed E-state index contributed by atoms with van der Waals surface area (Å²) in [5.74, 6) is 0. The maximum atomic E-state index is 5.89. The Hall–Kier alpha value is -0.830. The van der Waals surface area contributed by atoms with Crippen LogP contribution in [0.5, 0.6) is 0 Å². The first-order chi connectivity index (χ1) is 7.27. The molecule has 0 bridgehead atoms. The molecule has 3 heteroatoms. The van der Waals surface area contributed by atoms with Gasteiger partial charge in [-0.3, -0.25) is 4.99 Å². The van der Waals surface area contributed by atoms with Crippen molar-refractivity contribution in [3.05, 3.63) is 11.8 Å². The second kappa shape index (κ2) is 6.62. The molecule has 4 N–H and O–H groups in total. The molecule has 0 aromatic carbocycles. The quantitative estimate of drug-likeness (QED) is 0.695. The molecule has 0 aromatic heterocycles. The Labute approximate surface area is 92.6 Å². The van der Waals surface area contributed by atoms with Crippen molar-refractivity contribution < 1.29 is 0 Å². The molecule has 1 aliphatic rings. The monoisotopic (exact) mass is 209 g/mol. The van der Waals surface area contributed by atoms with Gasteiger partial charge in [-0.05, 0) is 37.5 Å². The summed E-state index contributed by atoms with van der Waals surface area (Å²) in [4.78, 5) is 4.62. The van der Waals surface area contributed by atoms with Crippen molar-refractivity contribution >= 4 is 5.71 Å². The minimum atomic E-state index is 0.273. The molecular weight excluding hydrogens is 186 g/mol. The fourth-order valence-corrected chi connectivity index (χ4v) is 1.91. The van der Waals surface area contributed by atoms with Crippen molar-refractivity contribution in [1.29, 1.82) is 0 Å². The average Bonchev–Trinajstić information content (AvgIpc) is 2.26. The molecule has 1 atom stereocenters.